The number of likely N-dealkylation sites (tertiary alicyclic amines) is 1. The first kappa shape index (κ1) is 23.2. The largest absolute Gasteiger partial charge is 0.341 e. The van der Waals surface area contributed by atoms with Crippen molar-refractivity contribution in [1.29, 1.82) is 0 Å². The Hall–Kier alpha value is -1.11. The molecule has 1 aromatic rings. The van der Waals surface area contributed by atoms with Gasteiger partial charge >= 0.3 is 0 Å². The van der Waals surface area contributed by atoms with Crippen molar-refractivity contribution in [2.24, 2.45) is 11.7 Å². The van der Waals surface area contributed by atoms with Crippen molar-refractivity contribution < 1.29 is 13.2 Å². The van der Waals surface area contributed by atoms with E-state index in [-0.39, 0.29) is 24.4 Å². The normalized spacial score (nSPS) is 21.2. The number of carbonyl (C=O) groups excluding carboxylic acids is 1. The lowest BCUT2D eigenvalue weighted by Crippen LogP contribution is -2.55. The fourth-order valence-corrected chi connectivity index (χ4v) is 7.11. The number of hydrogen-bond acceptors (Lipinski definition) is 4. The van der Waals surface area contributed by atoms with Gasteiger partial charge in [0.05, 0.1) is 4.90 Å². The Labute approximate surface area is 175 Å². The first-order chi connectivity index (χ1) is 12.7. The molecule has 2 fully saturated rings. The first-order valence-electron chi connectivity index (χ1n) is 10.1. The van der Waals surface area contributed by atoms with Crippen LogP contribution in [0, 0.1) is 19.8 Å². The highest BCUT2D eigenvalue weighted by Crippen LogP contribution is 2.43. The van der Waals surface area contributed by atoms with Gasteiger partial charge in [-0.15, -0.1) is 12.4 Å². The summed E-state index contributed by atoms with van der Waals surface area (Å²) < 4.78 is 26.1. The van der Waals surface area contributed by atoms with Crippen molar-refractivity contribution in [1.82, 2.24) is 4.90 Å². The lowest BCUT2D eigenvalue weighted by Gasteiger charge is -2.39. The zero-order valence-electron chi connectivity index (χ0n) is 17.1. The third-order valence-electron chi connectivity index (χ3n) is 6.52. The van der Waals surface area contributed by atoms with Crippen molar-refractivity contribution in [2.45, 2.75) is 75.0 Å². The van der Waals surface area contributed by atoms with Gasteiger partial charge in [0.25, 0.3) is 0 Å². The molecule has 0 bridgehead atoms. The van der Waals surface area contributed by atoms with Gasteiger partial charge in [-0.05, 0) is 69.6 Å². The van der Waals surface area contributed by atoms with Crippen molar-refractivity contribution >= 4 is 28.2 Å². The number of piperidine rings is 1. The molecule has 7 heteroatoms. The Morgan fingerprint density at radius 3 is 2.29 bits per heavy atom. The average molecular weight is 429 g/mol. The minimum atomic E-state index is -3.75. The van der Waals surface area contributed by atoms with Crippen LogP contribution in [0.5, 0.6) is 0 Å². The van der Waals surface area contributed by atoms with E-state index in [0.717, 1.165) is 36.8 Å². The smallest absolute Gasteiger partial charge is 0.244 e. The Morgan fingerprint density at radius 2 is 1.75 bits per heavy atom. The molecule has 158 valence electrons. The van der Waals surface area contributed by atoms with E-state index in [1.807, 2.05) is 32.9 Å². The van der Waals surface area contributed by atoms with E-state index in [1.165, 1.54) is 0 Å². The van der Waals surface area contributed by atoms with Gasteiger partial charge < -0.3 is 10.6 Å². The predicted molar refractivity (Wildman–Crippen MR) is 115 cm³/mol. The summed E-state index contributed by atoms with van der Waals surface area (Å²) in [5.74, 6) is 0.216. The number of hydrogen-bond donors (Lipinski definition) is 1. The molecule has 0 radical (unpaired) electrons. The molecule has 1 heterocycles. The molecule has 0 spiro atoms. The number of amides is 1. The van der Waals surface area contributed by atoms with Crippen LogP contribution in [-0.4, -0.2) is 43.1 Å². The van der Waals surface area contributed by atoms with Crippen LogP contribution < -0.4 is 5.73 Å². The van der Waals surface area contributed by atoms with Crippen LogP contribution in [0.4, 0.5) is 0 Å². The van der Waals surface area contributed by atoms with Crippen molar-refractivity contribution in [3.63, 3.8) is 0 Å². The van der Waals surface area contributed by atoms with Gasteiger partial charge in [0.15, 0.2) is 14.6 Å². The number of nitrogens with zero attached hydrogens (tertiary/aromatic N) is 1. The minimum Gasteiger partial charge on any atom is -0.341 e. The molecule has 1 saturated heterocycles. The highest BCUT2D eigenvalue weighted by atomic mass is 35.5. The van der Waals surface area contributed by atoms with E-state index >= 15 is 0 Å². The van der Waals surface area contributed by atoms with Gasteiger partial charge in [-0.1, -0.05) is 25.0 Å². The monoisotopic (exact) mass is 428 g/mol. The van der Waals surface area contributed by atoms with Crippen molar-refractivity contribution in [3.05, 3.63) is 29.3 Å². The summed E-state index contributed by atoms with van der Waals surface area (Å²) in [4.78, 5) is 15.6. The molecule has 1 aromatic carbocycles. The Bertz CT molecular complexity index is 809. The molecule has 1 atom stereocenters. The van der Waals surface area contributed by atoms with Gasteiger partial charge in [0.1, 0.15) is 0 Å². The molecular weight excluding hydrogens is 396 g/mol. The standard InChI is InChI=1S/C21H32N2O3S.ClH/c1-15-6-7-16(2)19(14-15)27(25,26)21(10-4-5-11-21)20(24)23-12-8-18(9-13-23)17(3)22;/h6-7,14,17-18H,4-5,8-13,22H2,1-3H3;1H. The maximum atomic E-state index is 13.7. The molecule has 5 nitrogen and oxygen atoms in total. The molecule has 2 N–H and O–H groups in total. The number of benzene rings is 1. The number of halogens is 1. The van der Waals surface area contributed by atoms with Crippen LogP contribution in [0.1, 0.15) is 56.6 Å². The van der Waals surface area contributed by atoms with E-state index in [0.29, 0.717) is 36.7 Å². The number of carbonyl (C=O) groups is 1. The molecule has 1 amide bonds. The van der Waals surface area contributed by atoms with E-state index < -0.39 is 14.6 Å². The first-order valence-corrected chi connectivity index (χ1v) is 11.5. The summed E-state index contributed by atoms with van der Waals surface area (Å²) in [5, 5.41) is 0. The fraction of sp³-hybridized carbons (Fsp3) is 0.667. The predicted octanol–water partition coefficient (Wildman–Crippen LogP) is 3.40. The maximum Gasteiger partial charge on any atom is 0.244 e. The third kappa shape index (κ3) is 3.96. The molecule has 2 aliphatic rings. The van der Waals surface area contributed by atoms with Crippen LogP contribution in [0.2, 0.25) is 0 Å². The molecule has 0 aromatic heterocycles. The molecule has 1 unspecified atom stereocenters. The van der Waals surface area contributed by atoms with E-state index in [2.05, 4.69) is 0 Å². The summed E-state index contributed by atoms with van der Waals surface area (Å²) in [5.41, 5.74) is 7.63. The molecule has 1 aliphatic carbocycles. The van der Waals surface area contributed by atoms with Gasteiger partial charge in [-0.25, -0.2) is 8.42 Å². The lowest BCUT2D eigenvalue weighted by molar-refractivity contribution is -0.135. The van der Waals surface area contributed by atoms with Crippen LogP contribution >= 0.6 is 12.4 Å². The molecule has 1 saturated carbocycles. The molecule has 3 rings (SSSR count). The fourth-order valence-electron chi connectivity index (χ4n) is 4.67. The van der Waals surface area contributed by atoms with Crippen molar-refractivity contribution in [3.8, 4) is 0 Å². The summed E-state index contributed by atoms with van der Waals surface area (Å²) in [6, 6.07) is 5.58. The molecule has 28 heavy (non-hydrogen) atoms. The van der Waals surface area contributed by atoms with Crippen LogP contribution in [0.3, 0.4) is 0 Å². The highest BCUT2D eigenvalue weighted by Gasteiger charge is 2.55. The second-order valence-electron chi connectivity index (χ2n) is 8.46. The Morgan fingerprint density at radius 1 is 1.18 bits per heavy atom. The summed E-state index contributed by atoms with van der Waals surface area (Å²) in [7, 11) is -3.75. The zero-order valence-corrected chi connectivity index (χ0v) is 18.7. The lowest BCUT2D eigenvalue weighted by atomic mass is 9.90. The number of sulfone groups is 1. The number of aryl methyl sites for hydroxylation is 2. The van der Waals surface area contributed by atoms with Gasteiger partial charge in [0.2, 0.25) is 5.91 Å². The summed E-state index contributed by atoms with van der Waals surface area (Å²) in [6.07, 6.45) is 4.12. The van der Waals surface area contributed by atoms with Crippen molar-refractivity contribution in [2.75, 3.05) is 13.1 Å². The quantitative estimate of drug-likeness (QED) is 0.796. The Kier molecular flexibility index (Phi) is 7.22. The third-order valence-corrected chi connectivity index (χ3v) is 9.15. The van der Waals surface area contributed by atoms with E-state index in [4.69, 9.17) is 5.73 Å². The van der Waals surface area contributed by atoms with Gasteiger partial charge in [-0.3, -0.25) is 4.79 Å². The topological polar surface area (TPSA) is 80.5 Å². The second-order valence-corrected chi connectivity index (χ2v) is 10.7. The highest BCUT2D eigenvalue weighted by molar-refractivity contribution is 7.93. The number of rotatable bonds is 4. The second kappa shape index (κ2) is 8.72. The van der Waals surface area contributed by atoms with Crippen LogP contribution in [0.15, 0.2) is 23.1 Å². The van der Waals surface area contributed by atoms with E-state index in [9.17, 15) is 13.2 Å². The number of nitrogens with two attached hydrogens (primary N) is 1. The summed E-state index contributed by atoms with van der Waals surface area (Å²) in [6.45, 7) is 6.92. The summed E-state index contributed by atoms with van der Waals surface area (Å²) >= 11 is 0. The van der Waals surface area contributed by atoms with Gasteiger partial charge in [-0.2, -0.15) is 0 Å². The average Bonchev–Trinajstić information content (AvgIpc) is 3.14. The minimum absolute atomic E-state index is 0. The molecule has 1 aliphatic heterocycles. The Balaban J connectivity index is 0.00000280. The zero-order chi connectivity index (χ0) is 19.8. The molecular formula is C21H33ClN2O3S. The van der Waals surface area contributed by atoms with Crippen LogP contribution in [-0.2, 0) is 14.6 Å². The van der Waals surface area contributed by atoms with E-state index in [1.54, 1.807) is 11.0 Å². The SMILES string of the molecule is Cc1ccc(C)c(S(=O)(=O)C2(C(=O)N3CCC(C(C)N)CC3)CCCC2)c1.Cl. The maximum absolute atomic E-state index is 13.7. The van der Waals surface area contributed by atoms with Gasteiger partial charge in [0, 0.05) is 19.1 Å². The van der Waals surface area contributed by atoms with Crippen LogP contribution in [0.25, 0.3) is 0 Å².